The third-order valence-corrected chi connectivity index (χ3v) is 5.16. The molecule has 10 heteroatoms. The Hall–Kier alpha value is -3.01. The summed E-state index contributed by atoms with van der Waals surface area (Å²) in [4.78, 5) is 20.2. The van der Waals surface area contributed by atoms with Crippen LogP contribution < -0.4 is 10.1 Å². The van der Waals surface area contributed by atoms with Gasteiger partial charge in [0.1, 0.15) is 25.1 Å². The molecule has 1 amide bonds. The zero-order valence-corrected chi connectivity index (χ0v) is 20.4. The Labute approximate surface area is 203 Å². The van der Waals surface area contributed by atoms with Crippen LogP contribution in [0.2, 0.25) is 5.02 Å². The molecule has 0 fully saturated rings. The van der Waals surface area contributed by atoms with Crippen molar-refractivity contribution in [3.63, 3.8) is 0 Å². The summed E-state index contributed by atoms with van der Waals surface area (Å²) in [5, 5.41) is 25.5. The number of aliphatic hydroxyl groups is 2. The van der Waals surface area contributed by atoms with Crippen LogP contribution in [-0.4, -0.2) is 57.1 Å². The second-order valence-corrected chi connectivity index (χ2v) is 8.95. The van der Waals surface area contributed by atoms with Crippen molar-refractivity contribution in [2.75, 3.05) is 19.8 Å². The molecule has 0 saturated heterocycles. The Morgan fingerprint density at radius 1 is 1.18 bits per heavy atom. The zero-order valence-electron chi connectivity index (χ0n) is 19.6. The van der Waals surface area contributed by atoms with Gasteiger partial charge in [-0.3, -0.25) is 9.78 Å². The first-order valence-corrected chi connectivity index (χ1v) is 11.3. The Balaban J connectivity index is 1.75. The van der Waals surface area contributed by atoms with E-state index >= 15 is 0 Å². The molecule has 0 radical (unpaired) electrons. The van der Waals surface area contributed by atoms with Crippen molar-refractivity contribution in [1.82, 2.24) is 20.4 Å². The highest BCUT2D eigenvalue weighted by atomic mass is 35.5. The number of benzene rings is 1. The lowest BCUT2D eigenvalue weighted by atomic mass is 10.1. The normalized spacial score (nSPS) is 12.1. The molecule has 1 atom stereocenters. The molecule has 3 aromatic rings. The molecule has 0 saturated carbocycles. The first-order valence-electron chi connectivity index (χ1n) is 11.0. The number of ether oxygens (including phenoxy) is 1. The number of aliphatic hydroxyl groups excluding tert-OH is 2. The van der Waals surface area contributed by atoms with E-state index in [1.807, 2.05) is 32.0 Å². The largest absolute Gasteiger partial charge is 0.489 e. The first kappa shape index (κ1) is 25.6. The Bertz CT molecular complexity index is 1130. The Morgan fingerprint density at radius 2 is 1.94 bits per heavy atom. The number of carbonyl (C=O) groups is 1. The van der Waals surface area contributed by atoms with Gasteiger partial charge >= 0.3 is 0 Å². The van der Waals surface area contributed by atoms with Crippen molar-refractivity contribution < 1.29 is 24.3 Å². The van der Waals surface area contributed by atoms with Crippen molar-refractivity contribution in [1.29, 1.82) is 0 Å². The van der Waals surface area contributed by atoms with Crippen LogP contribution in [0.15, 0.2) is 28.8 Å². The molecular weight excluding hydrogens is 460 g/mol. The minimum absolute atomic E-state index is 0.0485. The fourth-order valence-electron chi connectivity index (χ4n) is 3.41. The minimum Gasteiger partial charge on any atom is -0.489 e. The van der Waals surface area contributed by atoms with Gasteiger partial charge in [0, 0.05) is 29.1 Å². The van der Waals surface area contributed by atoms with Crippen LogP contribution in [0.1, 0.15) is 30.8 Å². The van der Waals surface area contributed by atoms with Crippen molar-refractivity contribution in [2.24, 2.45) is 5.92 Å². The molecule has 3 rings (SSSR count). The van der Waals surface area contributed by atoms with E-state index < -0.39 is 18.6 Å². The number of hydrogen-bond acceptors (Lipinski definition) is 8. The maximum Gasteiger partial charge on any atom is 0.258 e. The van der Waals surface area contributed by atoms with Crippen LogP contribution in [0.4, 0.5) is 0 Å². The van der Waals surface area contributed by atoms with Crippen LogP contribution >= 0.6 is 11.6 Å². The van der Waals surface area contributed by atoms with E-state index in [2.05, 4.69) is 34.3 Å². The number of hydrogen-bond donors (Lipinski definition) is 3. The van der Waals surface area contributed by atoms with Crippen LogP contribution in [0.3, 0.4) is 0 Å². The molecule has 1 aromatic carbocycles. The summed E-state index contributed by atoms with van der Waals surface area (Å²) in [5.41, 5.74) is 4.05. The zero-order chi connectivity index (χ0) is 24.8. The van der Waals surface area contributed by atoms with Crippen molar-refractivity contribution >= 4 is 17.5 Å². The average Bonchev–Trinajstić information content (AvgIpc) is 3.26. The highest BCUT2D eigenvalue weighted by Gasteiger charge is 2.17. The molecule has 0 unspecified atom stereocenters. The monoisotopic (exact) mass is 488 g/mol. The summed E-state index contributed by atoms with van der Waals surface area (Å²) in [6.07, 6.45) is -0.108. The molecule has 0 bridgehead atoms. The Morgan fingerprint density at radius 3 is 2.62 bits per heavy atom. The summed E-state index contributed by atoms with van der Waals surface area (Å²) < 4.78 is 11.2. The minimum atomic E-state index is -0.963. The lowest BCUT2D eigenvalue weighted by Gasteiger charge is -2.16. The number of rotatable bonds is 10. The van der Waals surface area contributed by atoms with Crippen LogP contribution in [0.25, 0.3) is 22.8 Å². The second kappa shape index (κ2) is 11.4. The molecule has 0 aliphatic heterocycles. The van der Waals surface area contributed by atoms with E-state index in [1.54, 1.807) is 6.07 Å². The highest BCUT2D eigenvalue weighted by Crippen LogP contribution is 2.34. The van der Waals surface area contributed by atoms with E-state index in [1.165, 1.54) is 0 Å². The van der Waals surface area contributed by atoms with Crippen molar-refractivity contribution in [3.8, 4) is 28.6 Å². The van der Waals surface area contributed by atoms with E-state index in [0.29, 0.717) is 34.0 Å². The summed E-state index contributed by atoms with van der Waals surface area (Å²) in [6.45, 7) is 7.26. The number of carbonyl (C=O) groups excluding carboxylic acids is 1. The maximum absolute atomic E-state index is 11.1. The lowest BCUT2D eigenvalue weighted by molar-refractivity contribution is -0.124. The van der Waals surface area contributed by atoms with E-state index in [-0.39, 0.29) is 13.2 Å². The molecule has 0 aliphatic carbocycles. The van der Waals surface area contributed by atoms with Gasteiger partial charge in [-0.2, -0.15) is 4.98 Å². The summed E-state index contributed by atoms with van der Waals surface area (Å²) >= 11 is 6.43. The van der Waals surface area contributed by atoms with Gasteiger partial charge in [-0.25, -0.2) is 0 Å². The maximum atomic E-state index is 11.1. The Kier molecular flexibility index (Phi) is 8.60. The van der Waals surface area contributed by atoms with Gasteiger partial charge in [0.25, 0.3) is 5.89 Å². The van der Waals surface area contributed by atoms with Crippen LogP contribution in [0, 0.1) is 19.8 Å². The molecule has 2 heterocycles. The number of amides is 1. The number of halogens is 1. The summed E-state index contributed by atoms with van der Waals surface area (Å²) in [6, 6.07) is 7.36. The van der Waals surface area contributed by atoms with Crippen LogP contribution in [-0.2, 0) is 11.2 Å². The fourth-order valence-corrected chi connectivity index (χ4v) is 3.73. The molecular formula is C24H29ClN4O5. The van der Waals surface area contributed by atoms with Gasteiger partial charge in [0.05, 0.1) is 5.02 Å². The predicted molar refractivity (Wildman–Crippen MR) is 128 cm³/mol. The molecule has 0 aliphatic rings. The molecule has 2 aromatic heterocycles. The van der Waals surface area contributed by atoms with Crippen LogP contribution in [0.5, 0.6) is 5.75 Å². The van der Waals surface area contributed by atoms with E-state index in [4.69, 9.17) is 26.0 Å². The van der Waals surface area contributed by atoms with Gasteiger partial charge in [-0.1, -0.05) is 30.6 Å². The smallest absolute Gasteiger partial charge is 0.258 e. The molecule has 34 heavy (non-hydrogen) atoms. The lowest BCUT2D eigenvalue weighted by Crippen LogP contribution is -2.36. The summed E-state index contributed by atoms with van der Waals surface area (Å²) in [7, 11) is 0. The van der Waals surface area contributed by atoms with Gasteiger partial charge < -0.3 is 24.8 Å². The van der Waals surface area contributed by atoms with Crippen molar-refractivity contribution in [2.45, 2.75) is 40.2 Å². The highest BCUT2D eigenvalue weighted by molar-refractivity contribution is 6.32. The quantitative estimate of drug-likeness (QED) is 0.396. The second-order valence-electron chi connectivity index (χ2n) is 8.54. The van der Waals surface area contributed by atoms with E-state index in [0.717, 1.165) is 28.9 Å². The van der Waals surface area contributed by atoms with E-state index in [9.17, 15) is 9.90 Å². The standard InChI is InChI=1S/C24H29ClN4O5/c1-13(2)5-18-8-17(7-15(4)27-18)24-28-23(29-34-24)16-6-14(3)22(20(25)9-16)33-12-19(31)10-26-21(32)11-30/h6-9,13,19,30-31H,5,10-12H2,1-4H3,(H,26,32)/t19-/m1/s1. The number of nitrogens with one attached hydrogen (secondary N) is 1. The fraction of sp³-hybridized carbons (Fsp3) is 0.417. The van der Waals surface area contributed by atoms with Gasteiger partial charge in [0.15, 0.2) is 0 Å². The topological polar surface area (TPSA) is 131 Å². The van der Waals surface area contributed by atoms with Crippen molar-refractivity contribution in [3.05, 3.63) is 46.2 Å². The van der Waals surface area contributed by atoms with Gasteiger partial charge in [0.2, 0.25) is 11.7 Å². The number of aromatic nitrogens is 3. The number of aryl methyl sites for hydroxylation is 2. The molecule has 9 nitrogen and oxygen atoms in total. The molecule has 3 N–H and O–H groups in total. The first-order chi connectivity index (χ1) is 16.2. The van der Waals surface area contributed by atoms with Gasteiger partial charge in [-0.05, 0) is 56.0 Å². The number of nitrogens with zero attached hydrogens (tertiary/aromatic N) is 3. The SMILES string of the molecule is Cc1cc(-c2nc(-c3cc(C)c(OC[C@H](O)CNC(=O)CO)c(Cl)c3)no2)cc(CC(C)C)n1. The number of pyridine rings is 1. The predicted octanol–water partition coefficient (Wildman–Crippen LogP) is 3.12. The average molecular weight is 489 g/mol. The molecule has 182 valence electrons. The third kappa shape index (κ3) is 6.75. The third-order valence-electron chi connectivity index (χ3n) is 4.88. The summed E-state index contributed by atoms with van der Waals surface area (Å²) in [5.74, 6) is 1.09. The molecule has 0 spiro atoms. The van der Waals surface area contributed by atoms with Gasteiger partial charge in [-0.15, -0.1) is 0 Å².